The summed E-state index contributed by atoms with van der Waals surface area (Å²) >= 11 is 9.47. The van der Waals surface area contributed by atoms with E-state index in [-0.39, 0.29) is 23.0 Å². The van der Waals surface area contributed by atoms with Gasteiger partial charge in [-0.1, -0.05) is 39.7 Å². The molecule has 0 saturated carbocycles. The van der Waals surface area contributed by atoms with Gasteiger partial charge in [-0.3, -0.25) is 13.9 Å². The summed E-state index contributed by atoms with van der Waals surface area (Å²) in [5.41, 5.74) is 0.511. The Morgan fingerprint density at radius 3 is 2.08 bits per heavy atom. The molecule has 40 heavy (non-hydrogen) atoms. The number of hydrogen-bond acceptors (Lipinski definition) is 5. The zero-order chi connectivity index (χ0) is 29.7. The van der Waals surface area contributed by atoms with Crippen molar-refractivity contribution in [3.63, 3.8) is 0 Å². The molecule has 1 unspecified atom stereocenters. The van der Waals surface area contributed by atoms with Crippen molar-refractivity contribution in [1.29, 1.82) is 0 Å². The first-order valence-corrected chi connectivity index (χ1v) is 15.1. The zero-order valence-corrected chi connectivity index (χ0v) is 26.2. The van der Waals surface area contributed by atoms with Crippen molar-refractivity contribution in [2.75, 3.05) is 18.0 Å². The van der Waals surface area contributed by atoms with Gasteiger partial charge in [-0.05, 0) is 93.9 Å². The first kappa shape index (κ1) is 31.4. The topological polar surface area (TPSA) is 96.0 Å². The number of halogens is 2. The normalized spacial score (nSPS) is 12.4. The van der Waals surface area contributed by atoms with Crippen molar-refractivity contribution in [3.8, 4) is 5.75 Å². The third kappa shape index (κ3) is 8.22. The number of nitrogens with zero attached hydrogens (tertiary/aromatic N) is 2. The Labute approximate surface area is 249 Å². The van der Waals surface area contributed by atoms with Gasteiger partial charge in [0.25, 0.3) is 10.0 Å². The molecule has 0 aromatic heterocycles. The summed E-state index contributed by atoms with van der Waals surface area (Å²) in [6, 6.07) is 18.5. The molecular formula is C29H33BrClN3O5S. The molecule has 0 saturated heterocycles. The number of rotatable bonds is 10. The molecule has 1 N–H and O–H groups in total. The lowest BCUT2D eigenvalue weighted by molar-refractivity contribution is -0.140. The Morgan fingerprint density at radius 2 is 1.55 bits per heavy atom. The highest BCUT2D eigenvalue weighted by atomic mass is 79.9. The summed E-state index contributed by atoms with van der Waals surface area (Å²) in [6.45, 7) is 6.73. The van der Waals surface area contributed by atoms with Gasteiger partial charge in [-0.15, -0.1) is 0 Å². The summed E-state index contributed by atoms with van der Waals surface area (Å²) in [4.78, 5) is 28.5. The number of sulfonamides is 1. The predicted molar refractivity (Wildman–Crippen MR) is 161 cm³/mol. The molecule has 0 aliphatic rings. The second kappa shape index (κ2) is 13.1. The molecule has 0 heterocycles. The van der Waals surface area contributed by atoms with Crippen LogP contribution in [0.2, 0.25) is 5.02 Å². The molecule has 0 aliphatic carbocycles. The fraction of sp³-hybridized carbons (Fsp3) is 0.310. The quantitative estimate of drug-likeness (QED) is 0.307. The van der Waals surface area contributed by atoms with Crippen LogP contribution in [-0.4, -0.2) is 50.4 Å². The van der Waals surface area contributed by atoms with E-state index in [9.17, 15) is 18.0 Å². The maximum Gasteiger partial charge on any atom is 0.264 e. The summed E-state index contributed by atoms with van der Waals surface area (Å²) in [7, 11) is -2.71. The molecule has 0 bridgehead atoms. The van der Waals surface area contributed by atoms with Crippen molar-refractivity contribution in [1.82, 2.24) is 10.2 Å². The highest BCUT2D eigenvalue weighted by Gasteiger charge is 2.33. The average molecular weight is 651 g/mol. The van der Waals surface area contributed by atoms with Crippen molar-refractivity contribution >= 4 is 55.1 Å². The number of hydrogen-bond donors (Lipinski definition) is 1. The number of anilines is 1. The molecular weight excluding hydrogens is 618 g/mol. The molecule has 2 amide bonds. The number of nitrogens with one attached hydrogen (secondary N) is 1. The number of carbonyl (C=O) groups is 2. The molecule has 1 atom stereocenters. The van der Waals surface area contributed by atoms with E-state index in [1.54, 1.807) is 19.1 Å². The summed E-state index contributed by atoms with van der Waals surface area (Å²) in [5.74, 6) is -0.409. The SMILES string of the molecule is COc1ccc(S(=O)(=O)N(CC(=O)N(Cc2ccc(Br)cc2)C(C)C(=O)NC(C)(C)C)c2ccc(Cl)cc2)cc1. The molecule has 0 spiro atoms. The van der Waals surface area contributed by atoms with Gasteiger partial charge >= 0.3 is 0 Å². The minimum atomic E-state index is -4.19. The van der Waals surface area contributed by atoms with E-state index in [0.29, 0.717) is 10.8 Å². The Bertz CT molecular complexity index is 1420. The number of benzene rings is 3. The smallest absolute Gasteiger partial charge is 0.264 e. The lowest BCUT2D eigenvalue weighted by Crippen LogP contribution is -2.54. The van der Waals surface area contributed by atoms with Crippen LogP contribution in [0.1, 0.15) is 33.3 Å². The summed E-state index contributed by atoms with van der Waals surface area (Å²) in [6.07, 6.45) is 0. The van der Waals surface area contributed by atoms with Crippen molar-refractivity contribution in [2.24, 2.45) is 0 Å². The Hall–Kier alpha value is -3.08. The van der Waals surface area contributed by atoms with E-state index >= 15 is 0 Å². The lowest BCUT2D eigenvalue weighted by Gasteiger charge is -2.33. The minimum absolute atomic E-state index is 0.0194. The van der Waals surface area contributed by atoms with Crippen LogP contribution in [0.5, 0.6) is 5.75 Å². The van der Waals surface area contributed by atoms with Gasteiger partial charge in [0, 0.05) is 21.6 Å². The zero-order valence-electron chi connectivity index (χ0n) is 23.0. The van der Waals surface area contributed by atoms with Crippen molar-refractivity contribution in [2.45, 2.75) is 50.7 Å². The molecule has 0 radical (unpaired) electrons. The highest BCUT2D eigenvalue weighted by molar-refractivity contribution is 9.10. The van der Waals surface area contributed by atoms with Gasteiger partial charge in [0.15, 0.2) is 0 Å². The van der Waals surface area contributed by atoms with Gasteiger partial charge in [0.05, 0.1) is 17.7 Å². The molecule has 11 heteroatoms. The fourth-order valence-electron chi connectivity index (χ4n) is 3.85. The van der Waals surface area contributed by atoms with Gasteiger partial charge < -0.3 is 15.0 Å². The fourth-order valence-corrected chi connectivity index (χ4v) is 5.66. The second-order valence-electron chi connectivity index (χ2n) is 10.2. The Morgan fingerprint density at radius 1 is 0.975 bits per heavy atom. The van der Waals surface area contributed by atoms with Crippen molar-refractivity contribution in [3.05, 3.63) is 87.9 Å². The third-order valence-corrected chi connectivity index (χ3v) is 8.54. The maximum absolute atomic E-state index is 13.9. The highest BCUT2D eigenvalue weighted by Crippen LogP contribution is 2.27. The standard InChI is InChI=1S/C29H33BrClN3O5S/c1-20(28(36)32-29(2,3)4)33(18-21-6-8-22(30)9-7-21)27(35)19-34(24-12-10-23(31)11-13-24)40(37,38)26-16-14-25(39-5)15-17-26/h6-17,20H,18-19H2,1-5H3,(H,32,36). The Kier molecular flexibility index (Phi) is 10.3. The molecule has 0 fully saturated rings. The number of methoxy groups -OCH3 is 1. The Balaban J connectivity index is 2.03. The lowest BCUT2D eigenvalue weighted by atomic mass is 10.1. The molecule has 3 aromatic carbocycles. The van der Waals surface area contributed by atoms with E-state index in [4.69, 9.17) is 16.3 Å². The van der Waals surface area contributed by atoms with E-state index in [2.05, 4.69) is 21.2 Å². The number of amides is 2. The predicted octanol–water partition coefficient (Wildman–Crippen LogP) is 5.64. The monoisotopic (exact) mass is 649 g/mol. The third-order valence-electron chi connectivity index (χ3n) is 5.97. The van der Waals surface area contributed by atoms with Crippen LogP contribution >= 0.6 is 27.5 Å². The molecule has 3 rings (SSSR count). The van der Waals surface area contributed by atoms with Gasteiger partial charge in [-0.2, -0.15) is 0 Å². The van der Waals surface area contributed by atoms with E-state index in [0.717, 1.165) is 14.3 Å². The first-order chi connectivity index (χ1) is 18.7. The molecule has 8 nitrogen and oxygen atoms in total. The van der Waals surface area contributed by atoms with Crippen LogP contribution in [0.15, 0.2) is 82.2 Å². The van der Waals surface area contributed by atoms with E-state index < -0.39 is 34.1 Å². The summed E-state index contributed by atoms with van der Waals surface area (Å²) < 4.78 is 34.8. The van der Waals surface area contributed by atoms with E-state index in [1.165, 1.54) is 48.4 Å². The number of carbonyl (C=O) groups excluding carboxylic acids is 2. The average Bonchev–Trinajstić information content (AvgIpc) is 2.90. The van der Waals surface area contributed by atoms with Crippen LogP contribution < -0.4 is 14.4 Å². The van der Waals surface area contributed by atoms with Crippen molar-refractivity contribution < 1.29 is 22.7 Å². The van der Waals surface area contributed by atoms with Gasteiger partial charge in [0.1, 0.15) is 18.3 Å². The molecule has 214 valence electrons. The second-order valence-corrected chi connectivity index (χ2v) is 13.4. The van der Waals surface area contributed by atoms with Crippen LogP contribution in [0, 0.1) is 0 Å². The van der Waals surface area contributed by atoms with Gasteiger partial charge in [-0.25, -0.2) is 8.42 Å². The van der Waals surface area contributed by atoms with E-state index in [1.807, 2.05) is 45.0 Å². The van der Waals surface area contributed by atoms with Crippen LogP contribution in [-0.2, 0) is 26.2 Å². The maximum atomic E-state index is 13.9. The minimum Gasteiger partial charge on any atom is -0.497 e. The summed E-state index contributed by atoms with van der Waals surface area (Å²) in [5, 5.41) is 3.33. The largest absolute Gasteiger partial charge is 0.497 e. The molecule has 3 aromatic rings. The van der Waals surface area contributed by atoms with Crippen LogP contribution in [0.25, 0.3) is 0 Å². The van der Waals surface area contributed by atoms with Crippen LogP contribution in [0.3, 0.4) is 0 Å². The van der Waals surface area contributed by atoms with Crippen LogP contribution in [0.4, 0.5) is 5.69 Å². The first-order valence-electron chi connectivity index (χ1n) is 12.5. The number of ether oxygens (including phenoxy) is 1. The van der Waals surface area contributed by atoms with Gasteiger partial charge in [0.2, 0.25) is 11.8 Å². The molecule has 0 aliphatic heterocycles.